The van der Waals surface area contributed by atoms with Gasteiger partial charge in [0, 0.05) is 6.54 Å². The van der Waals surface area contributed by atoms with Gasteiger partial charge in [0.1, 0.15) is 0 Å². The van der Waals surface area contributed by atoms with Crippen LogP contribution in [0.2, 0.25) is 5.15 Å². The average molecular weight is 200 g/mol. The fourth-order valence-electron chi connectivity index (χ4n) is 1.10. The summed E-state index contributed by atoms with van der Waals surface area (Å²) in [4.78, 5) is 2.28. The number of hydrogen-bond donors (Lipinski definition) is 0. The minimum Gasteiger partial charge on any atom is -0.298 e. The van der Waals surface area contributed by atoms with E-state index in [2.05, 4.69) is 28.9 Å². The Kier molecular flexibility index (Phi) is 4.12. The molecule has 1 rings (SSSR count). The molecule has 72 valence electrons. The smallest absolute Gasteiger partial charge is 0.151 e. The number of nitrogens with zero attached hydrogens (tertiary/aromatic N) is 3. The largest absolute Gasteiger partial charge is 0.298 e. The van der Waals surface area contributed by atoms with E-state index in [1.165, 1.54) is 0 Å². The lowest BCUT2D eigenvalue weighted by Crippen LogP contribution is -2.22. The van der Waals surface area contributed by atoms with Crippen molar-refractivity contribution in [1.82, 2.24) is 15.1 Å². The molecule has 0 N–H and O–H groups in total. The molecular formula is C9H14ClN3. The van der Waals surface area contributed by atoms with Gasteiger partial charge in [0.2, 0.25) is 0 Å². The first-order valence-electron chi connectivity index (χ1n) is 4.46. The minimum absolute atomic E-state index is 0.447. The molecule has 0 aromatic carbocycles. The van der Waals surface area contributed by atoms with Crippen molar-refractivity contribution in [3.05, 3.63) is 23.0 Å². The van der Waals surface area contributed by atoms with Crippen molar-refractivity contribution >= 4 is 11.6 Å². The van der Waals surface area contributed by atoms with Gasteiger partial charge in [-0.05, 0) is 25.2 Å². The van der Waals surface area contributed by atoms with E-state index in [-0.39, 0.29) is 0 Å². The molecule has 0 aliphatic carbocycles. The standard InChI is InChI=1S/C9H14ClN3/c1-3-13(4-2)7-8-5-6-9(10)12-11-8/h5-6H,3-4,7H2,1-2H3. The van der Waals surface area contributed by atoms with E-state index < -0.39 is 0 Å². The average Bonchev–Trinajstić information content (AvgIpc) is 2.17. The van der Waals surface area contributed by atoms with Crippen LogP contribution < -0.4 is 0 Å². The zero-order valence-electron chi connectivity index (χ0n) is 8.00. The molecule has 0 amide bonds. The van der Waals surface area contributed by atoms with E-state index in [1.54, 1.807) is 6.07 Å². The second kappa shape index (κ2) is 5.14. The molecule has 0 saturated heterocycles. The molecule has 0 saturated carbocycles. The first-order chi connectivity index (χ1) is 6.26. The molecule has 0 bridgehead atoms. The van der Waals surface area contributed by atoms with Gasteiger partial charge in [-0.1, -0.05) is 25.4 Å². The number of aromatic nitrogens is 2. The molecular weight excluding hydrogens is 186 g/mol. The highest BCUT2D eigenvalue weighted by molar-refractivity contribution is 6.29. The Hall–Kier alpha value is -0.670. The van der Waals surface area contributed by atoms with E-state index in [1.807, 2.05) is 6.07 Å². The summed E-state index contributed by atoms with van der Waals surface area (Å²) in [5.41, 5.74) is 0.966. The zero-order valence-corrected chi connectivity index (χ0v) is 8.75. The molecule has 3 nitrogen and oxygen atoms in total. The first-order valence-corrected chi connectivity index (χ1v) is 4.84. The van der Waals surface area contributed by atoms with Crippen molar-refractivity contribution in [1.29, 1.82) is 0 Å². The van der Waals surface area contributed by atoms with Crippen LogP contribution >= 0.6 is 11.6 Å². The molecule has 0 aliphatic heterocycles. The Morgan fingerprint density at radius 2 is 1.92 bits per heavy atom. The normalized spacial score (nSPS) is 10.8. The molecule has 0 atom stereocenters. The fourth-order valence-corrected chi connectivity index (χ4v) is 1.21. The van der Waals surface area contributed by atoms with Crippen molar-refractivity contribution < 1.29 is 0 Å². The van der Waals surface area contributed by atoms with Gasteiger partial charge < -0.3 is 0 Å². The third-order valence-electron chi connectivity index (χ3n) is 1.97. The van der Waals surface area contributed by atoms with Gasteiger partial charge in [0.25, 0.3) is 0 Å². The Balaban J connectivity index is 2.58. The van der Waals surface area contributed by atoms with E-state index in [4.69, 9.17) is 11.6 Å². The summed E-state index contributed by atoms with van der Waals surface area (Å²) in [5, 5.41) is 8.23. The van der Waals surface area contributed by atoms with Gasteiger partial charge in [-0.25, -0.2) is 0 Å². The monoisotopic (exact) mass is 199 g/mol. The van der Waals surface area contributed by atoms with Gasteiger partial charge in [0.05, 0.1) is 5.69 Å². The highest BCUT2D eigenvalue weighted by Gasteiger charge is 2.02. The Labute approximate surface area is 83.7 Å². The summed E-state index contributed by atoms with van der Waals surface area (Å²) in [6.45, 7) is 7.17. The predicted octanol–water partition coefficient (Wildman–Crippen LogP) is 1.97. The van der Waals surface area contributed by atoms with Crippen molar-refractivity contribution in [2.45, 2.75) is 20.4 Å². The maximum Gasteiger partial charge on any atom is 0.151 e. The Bertz CT molecular complexity index is 244. The first kappa shape index (κ1) is 10.4. The van der Waals surface area contributed by atoms with Gasteiger partial charge in [-0.15, -0.1) is 5.10 Å². The van der Waals surface area contributed by atoms with Crippen LogP contribution in [0.1, 0.15) is 19.5 Å². The topological polar surface area (TPSA) is 29.0 Å². The summed E-state index contributed by atoms with van der Waals surface area (Å²) in [5.74, 6) is 0. The molecule has 0 radical (unpaired) electrons. The number of hydrogen-bond acceptors (Lipinski definition) is 3. The molecule has 13 heavy (non-hydrogen) atoms. The minimum atomic E-state index is 0.447. The fraction of sp³-hybridized carbons (Fsp3) is 0.556. The Morgan fingerprint density at radius 1 is 1.23 bits per heavy atom. The molecule has 4 heteroatoms. The summed E-state index contributed by atoms with van der Waals surface area (Å²) >= 11 is 5.63. The molecule has 1 aromatic heterocycles. The molecule has 0 unspecified atom stereocenters. The van der Waals surface area contributed by atoms with Crippen LogP contribution in [0.25, 0.3) is 0 Å². The second-order valence-corrected chi connectivity index (χ2v) is 3.20. The van der Waals surface area contributed by atoms with Crippen LogP contribution in [0, 0.1) is 0 Å². The van der Waals surface area contributed by atoms with Crippen LogP contribution in [-0.2, 0) is 6.54 Å². The zero-order chi connectivity index (χ0) is 9.68. The third kappa shape index (κ3) is 3.28. The van der Waals surface area contributed by atoms with Crippen molar-refractivity contribution in [3.8, 4) is 0 Å². The lowest BCUT2D eigenvalue weighted by molar-refractivity contribution is 0.291. The predicted molar refractivity (Wildman–Crippen MR) is 53.7 cm³/mol. The van der Waals surface area contributed by atoms with Gasteiger partial charge in [-0.3, -0.25) is 4.90 Å². The van der Waals surface area contributed by atoms with Gasteiger partial charge >= 0.3 is 0 Å². The van der Waals surface area contributed by atoms with Crippen LogP contribution in [0.3, 0.4) is 0 Å². The maximum absolute atomic E-state index is 5.63. The highest BCUT2D eigenvalue weighted by atomic mass is 35.5. The lowest BCUT2D eigenvalue weighted by Gasteiger charge is -2.16. The second-order valence-electron chi connectivity index (χ2n) is 2.81. The Morgan fingerprint density at radius 3 is 2.38 bits per heavy atom. The quantitative estimate of drug-likeness (QED) is 0.743. The SMILES string of the molecule is CCN(CC)Cc1ccc(Cl)nn1. The molecule has 1 heterocycles. The van der Waals surface area contributed by atoms with E-state index in [0.717, 1.165) is 25.3 Å². The van der Waals surface area contributed by atoms with Gasteiger partial charge in [0.15, 0.2) is 5.15 Å². The van der Waals surface area contributed by atoms with Crippen molar-refractivity contribution in [2.24, 2.45) is 0 Å². The summed E-state index contributed by atoms with van der Waals surface area (Å²) in [6, 6.07) is 3.68. The summed E-state index contributed by atoms with van der Waals surface area (Å²) in [7, 11) is 0. The van der Waals surface area contributed by atoms with Crippen molar-refractivity contribution in [3.63, 3.8) is 0 Å². The maximum atomic E-state index is 5.63. The number of halogens is 1. The highest BCUT2D eigenvalue weighted by Crippen LogP contribution is 2.04. The van der Waals surface area contributed by atoms with Crippen LogP contribution in [0.15, 0.2) is 12.1 Å². The van der Waals surface area contributed by atoms with Crippen LogP contribution in [0.4, 0.5) is 0 Å². The lowest BCUT2D eigenvalue weighted by atomic mass is 10.3. The van der Waals surface area contributed by atoms with Crippen LogP contribution in [-0.4, -0.2) is 28.2 Å². The molecule has 0 fully saturated rings. The van der Waals surface area contributed by atoms with E-state index in [9.17, 15) is 0 Å². The number of rotatable bonds is 4. The van der Waals surface area contributed by atoms with Gasteiger partial charge in [-0.2, -0.15) is 5.10 Å². The molecule has 1 aromatic rings. The third-order valence-corrected chi connectivity index (χ3v) is 2.17. The van der Waals surface area contributed by atoms with E-state index >= 15 is 0 Å². The molecule has 0 aliphatic rings. The summed E-state index contributed by atoms with van der Waals surface area (Å²) < 4.78 is 0. The van der Waals surface area contributed by atoms with Crippen LogP contribution in [0.5, 0.6) is 0 Å². The molecule has 0 spiro atoms. The van der Waals surface area contributed by atoms with E-state index in [0.29, 0.717) is 5.15 Å². The summed E-state index contributed by atoms with van der Waals surface area (Å²) in [6.07, 6.45) is 0. The van der Waals surface area contributed by atoms with Crippen molar-refractivity contribution in [2.75, 3.05) is 13.1 Å².